The number of ether oxygens (including phenoxy) is 1. The molecule has 2 aliphatic heterocycles. The van der Waals surface area contributed by atoms with Gasteiger partial charge in [-0.3, -0.25) is 4.98 Å². The molecule has 74 valence electrons. The SMILES string of the molecule is c1ncc(C2CCCN2)c2c1COC2. The number of nitrogens with one attached hydrogen (secondary N) is 1. The van der Waals surface area contributed by atoms with Crippen LogP contribution >= 0.6 is 0 Å². The maximum Gasteiger partial charge on any atom is 0.0740 e. The first kappa shape index (κ1) is 8.38. The van der Waals surface area contributed by atoms with E-state index in [9.17, 15) is 0 Å². The van der Waals surface area contributed by atoms with Crippen LogP contribution in [0.5, 0.6) is 0 Å². The Morgan fingerprint density at radius 1 is 1.36 bits per heavy atom. The van der Waals surface area contributed by atoms with E-state index in [0.717, 1.165) is 19.8 Å². The van der Waals surface area contributed by atoms with E-state index in [1.54, 1.807) is 0 Å². The van der Waals surface area contributed by atoms with Gasteiger partial charge >= 0.3 is 0 Å². The number of fused-ring (bicyclic) bond motifs is 1. The molecule has 0 radical (unpaired) electrons. The zero-order valence-electron chi connectivity index (χ0n) is 8.12. The number of pyridine rings is 1. The topological polar surface area (TPSA) is 34.2 Å². The summed E-state index contributed by atoms with van der Waals surface area (Å²) >= 11 is 0. The van der Waals surface area contributed by atoms with Gasteiger partial charge in [0.15, 0.2) is 0 Å². The molecule has 1 fully saturated rings. The zero-order chi connectivity index (χ0) is 9.38. The van der Waals surface area contributed by atoms with E-state index in [1.165, 1.54) is 29.5 Å². The Morgan fingerprint density at radius 2 is 2.36 bits per heavy atom. The van der Waals surface area contributed by atoms with E-state index in [4.69, 9.17) is 4.74 Å². The average Bonchev–Trinajstić information content (AvgIpc) is 2.88. The summed E-state index contributed by atoms with van der Waals surface area (Å²) in [7, 11) is 0. The molecule has 0 aromatic carbocycles. The molecule has 2 aliphatic rings. The standard InChI is InChI=1S/C11H14N2O/c1-2-11(13-3-1)9-5-12-4-8-6-14-7-10(8)9/h4-5,11,13H,1-3,6-7H2. The van der Waals surface area contributed by atoms with Gasteiger partial charge in [0.05, 0.1) is 13.2 Å². The van der Waals surface area contributed by atoms with Crippen LogP contribution in [0.2, 0.25) is 0 Å². The average molecular weight is 190 g/mol. The quantitative estimate of drug-likeness (QED) is 0.729. The van der Waals surface area contributed by atoms with Crippen molar-refractivity contribution in [3.63, 3.8) is 0 Å². The summed E-state index contributed by atoms with van der Waals surface area (Å²) < 4.78 is 5.45. The Hall–Kier alpha value is -0.930. The second-order valence-corrected chi connectivity index (χ2v) is 4.01. The highest BCUT2D eigenvalue weighted by Crippen LogP contribution is 2.30. The number of hydrogen-bond donors (Lipinski definition) is 1. The summed E-state index contributed by atoms with van der Waals surface area (Å²) in [5.74, 6) is 0. The first-order chi connectivity index (χ1) is 6.95. The van der Waals surface area contributed by atoms with Crippen molar-refractivity contribution in [1.29, 1.82) is 0 Å². The summed E-state index contributed by atoms with van der Waals surface area (Å²) in [6.07, 6.45) is 6.44. The van der Waals surface area contributed by atoms with E-state index in [2.05, 4.69) is 10.3 Å². The van der Waals surface area contributed by atoms with Crippen LogP contribution in [-0.2, 0) is 18.0 Å². The van der Waals surface area contributed by atoms with Crippen LogP contribution in [-0.4, -0.2) is 11.5 Å². The Balaban J connectivity index is 2.00. The Labute approximate surface area is 83.5 Å². The van der Waals surface area contributed by atoms with Crippen LogP contribution in [0.15, 0.2) is 12.4 Å². The lowest BCUT2D eigenvalue weighted by molar-refractivity contribution is 0.134. The third-order valence-corrected chi connectivity index (χ3v) is 3.12. The molecule has 3 nitrogen and oxygen atoms in total. The van der Waals surface area contributed by atoms with Crippen molar-refractivity contribution in [3.05, 3.63) is 29.1 Å². The molecule has 1 aromatic rings. The zero-order valence-corrected chi connectivity index (χ0v) is 8.12. The van der Waals surface area contributed by atoms with Crippen molar-refractivity contribution < 1.29 is 4.74 Å². The van der Waals surface area contributed by atoms with Gasteiger partial charge in [-0.1, -0.05) is 0 Å². The number of rotatable bonds is 1. The molecule has 1 saturated heterocycles. The molecule has 14 heavy (non-hydrogen) atoms. The summed E-state index contributed by atoms with van der Waals surface area (Å²) in [5.41, 5.74) is 4.01. The van der Waals surface area contributed by atoms with Crippen molar-refractivity contribution in [2.24, 2.45) is 0 Å². The number of aromatic nitrogens is 1. The van der Waals surface area contributed by atoms with Gasteiger partial charge in [-0.2, -0.15) is 0 Å². The second kappa shape index (κ2) is 3.33. The molecule has 0 aliphatic carbocycles. The van der Waals surface area contributed by atoms with Gasteiger partial charge in [-0.05, 0) is 30.5 Å². The van der Waals surface area contributed by atoms with Crippen LogP contribution in [0.1, 0.15) is 35.6 Å². The van der Waals surface area contributed by atoms with E-state index < -0.39 is 0 Å². The molecule has 0 bridgehead atoms. The van der Waals surface area contributed by atoms with Crippen molar-refractivity contribution >= 4 is 0 Å². The van der Waals surface area contributed by atoms with Crippen LogP contribution in [0.4, 0.5) is 0 Å². The van der Waals surface area contributed by atoms with Gasteiger partial charge in [0.1, 0.15) is 0 Å². The molecule has 1 N–H and O–H groups in total. The van der Waals surface area contributed by atoms with Crippen molar-refractivity contribution in [2.45, 2.75) is 32.1 Å². The van der Waals surface area contributed by atoms with Crippen LogP contribution in [0.3, 0.4) is 0 Å². The lowest BCUT2D eigenvalue weighted by Gasteiger charge is -2.13. The predicted molar refractivity (Wildman–Crippen MR) is 52.7 cm³/mol. The first-order valence-electron chi connectivity index (χ1n) is 5.22. The van der Waals surface area contributed by atoms with E-state index in [1.807, 2.05) is 12.4 Å². The summed E-state index contributed by atoms with van der Waals surface area (Å²) in [4.78, 5) is 4.28. The minimum Gasteiger partial charge on any atom is -0.372 e. The molecule has 1 aromatic heterocycles. The smallest absolute Gasteiger partial charge is 0.0740 e. The minimum atomic E-state index is 0.513. The molecule has 3 rings (SSSR count). The maximum atomic E-state index is 5.45. The molecular weight excluding hydrogens is 176 g/mol. The van der Waals surface area contributed by atoms with E-state index >= 15 is 0 Å². The Kier molecular flexibility index (Phi) is 2.00. The van der Waals surface area contributed by atoms with Crippen molar-refractivity contribution in [1.82, 2.24) is 10.3 Å². The fourth-order valence-electron chi connectivity index (χ4n) is 2.36. The third-order valence-electron chi connectivity index (χ3n) is 3.12. The minimum absolute atomic E-state index is 0.513. The van der Waals surface area contributed by atoms with E-state index in [0.29, 0.717) is 6.04 Å². The largest absolute Gasteiger partial charge is 0.372 e. The monoisotopic (exact) mass is 190 g/mol. The Morgan fingerprint density at radius 3 is 3.21 bits per heavy atom. The Bertz CT molecular complexity index is 345. The van der Waals surface area contributed by atoms with Crippen LogP contribution in [0, 0.1) is 0 Å². The maximum absolute atomic E-state index is 5.45. The van der Waals surface area contributed by atoms with Gasteiger partial charge in [-0.25, -0.2) is 0 Å². The second-order valence-electron chi connectivity index (χ2n) is 4.01. The molecule has 0 spiro atoms. The van der Waals surface area contributed by atoms with Crippen LogP contribution < -0.4 is 5.32 Å². The fourth-order valence-corrected chi connectivity index (χ4v) is 2.36. The predicted octanol–water partition coefficient (Wildman–Crippen LogP) is 1.54. The van der Waals surface area contributed by atoms with Gasteiger partial charge in [-0.15, -0.1) is 0 Å². The first-order valence-corrected chi connectivity index (χ1v) is 5.22. The highest BCUT2D eigenvalue weighted by atomic mass is 16.5. The normalized spacial score (nSPS) is 25.3. The van der Waals surface area contributed by atoms with Crippen LogP contribution in [0.25, 0.3) is 0 Å². The molecule has 0 amide bonds. The highest BCUT2D eigenvalue weighted by Gasteiger charge is 2.23. The summed E-state index contributed by atoms with van der Waals surface area (Å²) in [6, 6.07) is 0.513. The molecule has 1 atom stereocenters. The van der Waals surface area contributed by atoms with Gasteiger partial charge in [0, 0.05) is 24.0 Å². The third kappa shape index (κ3) is 1.24. The molecule has 3 heterocycles. The molecular formula is C11H14N2O. The summed E-state index contributed by atoms with van der Waals surface area (Å²) in [5, 5.41) is 3.51. The van der Waals surface area contributed by atoms with Gasteiger partial charge < -0.3 is 10.1 Å². The fraction of sp³-hybridized carbons (Fsp3) is 0.545. The number of nitrogens with zero attached hydrogens (tertiary/aromatic N) is 1. The summed E-state index contributed by atoms with van der Waals surface area (Å²) in [6.45, 7) is 2.64. The van der Waals surface area contributed by atoms with E-state index in [-0.39, 0.29) is 0 Å². The lowest BCUT2D eigenvalue weighted by Crippen LogP contribution is -2.15. The molecule has 1 unspecified atom stereocenters. The number of hydrogen-bond acceptors (Lipinski definition) is 3. The van der Waals surface area contributed by atoms with Crippen molar-refractivity contribution in [3.8, 4) is 0 Å². The molecule has 0 saturated carbocycles. The van der Waals surface area contributed by atoms with Gasteiger partial charge in [0.25, 0.3) is 0 Å². The van der Waals surface area contributed by atoms with Crippen molar-refractivity contribution in [2.75, 3.05) is 6.54 Å². The lowest BCUT2D eigenvalue weighted by atomic mass is 10.00. The molecule has 3 heteroatoms. The van der Waals surface area contributed by atoms with Gasteiger partial charge in [0.2, 0.25) is 0 Å². The highest BCUT2D eigenvalue weighted by molar-refractivity contribution is 5.35.